The number of nitrogens with one attached hydrogen (secondary N) is 4. The van der Waals surface area contributed by atoms with Gasteiger partial charge in [0.05, 0.1) is 67.4 Å². The molecule has 424 valence electrons. The molecule has 5 atom stereocenters. The van der Waals surface area contributed by atoms with Gasteiger partial charge in [0.15, 0.2) is 5.82 Å². The van der Waals surface area contributed by atoms with E-state index in [1.807, 2.05) is 97.3 Å². The maximum Gasteiger partial charge on any atom is 0.246 e. The molecule has 0 aliphatic carbocycles. The monoisotopic (exact) mass is 1150 g/mol. The molecule has 0 spiro atoms. The summed E-state index contributed by atoms with van der Waals surface area (Å²) in [5.74, 6) is -1.02. The number of ether oxygens (including phenoxy) is 3. The summed E-state index contributed by atoms with van der Waals surface area (Å²) in [7, 11) is 0. The van der Waals surface area contributed by atoms with Crippen LogP contribution in [0.15, 0.2) is 89.4 Å². The van der Waals surface area contributed by atoms with Gasteiger partial charge < -0.3 is 45.5 Å². The second-order valence-corrected chi connectivity index (χ2v) is 23.4. The van der Waals surface area contributed by atoms with Crippen LogP contribution < -0.4 is 21.3 Å². The van der Waals surface area contributed by atoms with E-state index < -0.39 is 59.3 Å². The number of thiazole rings is 1. The number of likely N-dealkylation sites (tertiary alicyclic amines) is 1. The third-order valence-corrected chi connectivity index (χ3v) is 16.3. The lowest BCUT2D eigenvalue weighted by molar-refractivity contribution is -0.144. The molecule has 0 bridgehead atoms. The van der Waals surface area contributed by atoms with Crippen molar-refractivity contribution >= 4 is 69.5 Å². The molecule has 1 saturated heterocycles. The summed E-state index contributed by atoms with van der Waals surface area (Å²) in [4.78, 5) is 82.0. The number of hydrogen-bond donors (Lipinski definition) is 5. The van der Waals surface area contributed by atoms with Gasteiger partial charge in [-0.05, 0) is 67.5 Å². The van der Waals surface area contributed by atoms with Crippen LogP contribution in [-0.2, 0) is 51.1 Å². The molecule has 19 nitrogen and oxygen atoms in total. The number of aryl methyl sites for hydroxylation is 3. The first-order chi connectivity index (χ1) is 38.4. The van der Waals surface area contributed by atoms with Gasteiger partial charge in [-0.15, -0.1) is 32.9 Å². The minimum absolute atomic E-state index is 0.0374. The van der Waals surface area contributed by atoms with E-state index in [1.54, 1.807) is 49.0 Å². The summed E-state index contributed by atoms with van der Waals surface area (Å²) < 4.78 is 19.0. The van der Waals surface area contributed by atoms with Gasteiger partial charge in [-0.2, -0.15) is 0 Å². The standard InChI is InChI=1S/C58H69ClN10O9S2/c1-34-36(3)80-57-49(34)50(40-17-19-42(59)20-18-40)64-44(53-67-66-37(4)69(53)57)29-47(71)60-21-22-76-23-24-77-25-26-78-32-48(72)63-45(27-38-11-9-8-10-12-38)54(73)65-52(58(5,6)7)56(75)68-31-43(70)28-46(68)55(74)61-30-39-13-15-41(16-14-39)51-35(2)62-33-79-51/h8-20,33,43-46,52,70H,21-32H2,1-7H3,(H,60,71)(H,61,74)(H,63,72)(H,65,73)/t43-,44?,45+,46+,52-/m1/s1. The number of aliphatic hydroxyl groups excluding tert-OH is 1. The van der Waals surface area contributed by atoms with Crippen molar-refractivity contribution in [2.75, 3.05) is 52.7 Å². The van der Waals surface area contributed by atoms with Crippen LogP contribution in [0.4, 0.5) is 0 Å². The van der Waals surface area contributed by atoms with E-state index in [2.05, 4.69) is 50.3 Å². The molecule has 6 aromatic rings. The summed E-state index contributed by atoms with van der Waals surface area (Å²) in [6.07, 6.45) is -0.740. The van der Waals surface area contributed by atoms with Gasteiger partial charge in [0.1, 0.15) is 41.6 Å². The molecule has 8 rings (SSSR count). The van der Waals surface area contributed by atoms with Crippen molar-refractivity contribution in [1.82, 2.24) is 45.9 Å². The van der Waals surface area contributed by atoms with Crippen molar-refractivity contribution in [2.24, 2.45) is 10.4 Å². The van der Waals surface area contributed by atoms with Crippen LogP contribution in [0.25, 0.3) is 15.4 Å². The first-order valence-corrected chi connectivity index (χ1v) is 28.7. The first kappa shape index (κ1) is 59.4. The number of hydrogen-bond acceptors (Lipinski definition) is 15. The predicted molar refractivity (Wildman–Crippen MR) is 307 cm³/mol. The van der Waals surface area contributed by atoms with Crippen LogP contribution in [0.3, 0.4) is 0 Å². The Morgan fingerprint density at radius 2 is 1.50 bits per heavy atom. The van der Waals surface area contributed by atoms with Gasteiger partial charge in [-0.3, -0.25) is 33.5 Å². The number of nitrogens with zero attached hydrogens (tertiary/aromatic N) is 6. The van der Waals surface area contributed by atoms with E-state index >= 15 is 0 Å². The maximum atomic E-state index is 14.4. The molecular formula is C58H69ClN10O9S2. The maximum absolute atomic E-state index is 14.4. The quantitative estimate of drug-likeness (QED) is 0.0419. The molecule has 0 saturated carbocycles. The van der Waals surface area contributed by atoms with Crippen molar-refractivity contribution in [3.63, 3.8) is 0 Å². The summed E-state index contributed by atoms with van der Waals surface area (Å²) in [5, 5.41) is 32.7. The Morgan fingerprint density at radius 1 is 0.812 bits per heavy atom. The summed E-state index contributed by atoms with van der Waals surface area (Å²) in [6, 6.07) is 20.7. The number of fused-ring (bicyclic) bond motifs is 3. The Labute approximate surface area is 478 Å². The van der Waals surface area contributed by atoms with Crippen LogP contribution in [0.5, 0.6) is 0 Å². The second kappa shape index (κ2) is 27.2. The number of amides is 5. The largest absolute Gasteiger partial charge is 0.391 e. The lowest BCUT2D eigenvalue weighted by Gasteiger charge is -2.36. The van der Waals surface area contributed by atoms with E-state index in [-0.39, 0.29) is 84.4 Å². The zero-order valence-electron chi connectivity index (χ0n) is 46.0. The molecule has 1 fully saturated rings. The number of benzene rings is 3. The minimum atomic E-state index is -1.12. The van der Waals surface area contributed by atoms with E-state index in [9.17, 15) is 29.1 Å². The number of aromatic nitrogens is 4. The highest BCUT2D eigenvalue weighted by Gasteiger charge is 2.45. The van der Waals surface area contributed by atoms with Crippen LogP contribution in [0.2, 0.25) is 5.02 Å². The second-order valence-electron chi connectivity index (χ2n) is 20.9. The molecule has 2 aliphatic rings. The highest BCUT2D eigenvalue weighted by molar-refractivity contribution is 7.15. The lowest BCUT2D eigenvalue weighted by atomic mass is 9.85. The van der Waals surface area contributed by atoms with Gasteiger partial charge in [-0.1, -0.05) is 99.1 Å². The first-order valence-electron chi connectivity index (χ1n) is 26.6. The zero-order chi connectivity index (χ0) is 57.1. The molecule has 3 aromatic heterocycles. The molecule has 80 heavy (non-hydrogen) atoms. The summed E-state index contributed by atoms with van der Waals surface area (Å²) in [6.45, 7) is 14.4. The predicted octanol–water partition coefficient (Wildman–Crippen LogP) is 6.32. The van der Waals surface area contributed by atoms with Crippen LogP contribution >= 0.6 is 34.3 Å². The third-order valence-electron chi connectivity index (χ3n) is 13.9. The molecule has 5 N–H and O–H groups in total. The average Bonchev–Trinajstić information content (AvgIpc) is 4.21. The number of β-amino-alcohol motifs (C(OH)–C–C–N with tert-alkyl or cyclic N) is 1. The lowest BCUT2D eigenvalue weighted by Crippen LogP contribution is -2.60. The van der Waals surface area contributed by atoms with Crippen LogP contribution in [-0.4, -0.2) is 142 Å². The van der Waals surface area contributed by atoms with E-state index in [4.69, 9.17) is 30.8 Å². The third kappa shape index (κ3) is 15.0. The Balaban J connectivity index is 0.765. The normalized spacial score (nSPS) is 16.7. The van der Waals surface area contributed by atoms with Crippen molar-refractivity contribution in [3.05, 3.63) is 139 Å². The fourth-order valence-electron chi connectivity index (χ4n) is 9.57. The van der Waals surface area contributed by atoms with Crippen LogP contribution in [0.1, 0.15) is 89.7 Å². The van der Waals surface area contributed by atoms with Gasteiger partial charge >= 0.3 is 0 Å². The van der Waals surface area contributed by atoms with Crippen molar-refractivity contribution in [1.29, 1.82) is 0 Å². The van der Waals surface area contributed by atoms with Gasteiger partial charge in [0.2, 0.25) is 29.5 Å². The Kier molecular flexibility index (Phi) is 20.2. The average molecular weight is 1150 g/mol. The van der Waals surface area contributed by atoms with E-state index in [0.717, 1.165) is 59.5 Å². The highest BCUT2D eigenvalue weighted by atomic mass is 35.5. The molecule has 1 unspecified atom stereocenters. The van der Waals surface area contributed by atoms with Crippen molar-refractivity contribution in [2.45, 2.75) is 105 Å². The fourth-order valence-corrected chi connectivity index (χ4v) is 11.7. The Hall–Kier alpha value is -6.72. The minimum Gasteiger partial charge on any atom is -0.391 e. The number of aliphatic imine (C=N–C) groups is 1. The smallest absolute Gasteiger partial charge is 0.246 e. The summed E-state index contributed by atoms with van der Waals surface area (Å²) in [5.41, 5.74) is 8.32. The number of carbonyl (C=O) groups is 5. The van der Waals surface area contributed by atoms with E-state index in [1.165, 1.54) is 4.90 Å². The number of rotatable bonds is 24. The number of thiophene rings is 1. The molecule has 22 heteroatoms. The number of aliphatic hydroxyl groups is 1. The zero-order valence-corrected chi connectivity index (χ0v) is 48.4. The van der Waals surface area contributed by atoms with Gasteiger partial charge in [-0.25, -0.2) is 4.98 Å². The molecule has 3 aromatic carbocycles. The van der Waals surface area contributed by atoms with Gasteiger partial charge in [0, 0.05) is 53.5 Å². The number of halogens is 1. The van der Waals surface area contributed by atoms with Crippen LogP contribution in [0, 0.1) is 33.1 Å². The van der Waals surface area contributed by atoms with E-state index in [0.29, 0.717) is 16.7 Å². The topological polar surface area (TPSA) is 241 Å². The molecule has 0 radical (unpaired) electrons. The van der Waals surface area contributed by atoms with Gasteiger partial charge in [0.25, 0.3) is 0 Å². The molecule has 5 amide bonds. The number of carbonyl (C=O) groups excluding carboxylic acids is 5. The van der Waals surface area contributed by atoms with Crippen molar-refractivity contribution < 1.29 is 43.3 Å². The fraction of sp³-hybridized carbons (Fsp3) is 0.431. The molecule has 5 heterocycles. The SMILES string of the molecule is Cc1ncsc1-c1ccc(CNC(=O)[C@@H]2C[C@@H](O)CN2C(=O)[C@@H](NC(=O)[C@H](Cc2ccccc2)NC(=O)COCCOCCOCCNC(=O)CC2N=C(c3ccc(Cl)cc3)c3c(sc(C)c3C)-n3c(C)nnc32)C(C)(C)C)cc1. The van der Waals surface area contributed by atoms with Crippen molar-refractivity contribution in [3.8, 4) is 15.4 Å². The molecular weight excluding hydrogens is 1080 g/mol. The summed E-state index contributed by atoms with van der Waals surface area (Å²) >= 11 is 9.45. The Bertz CT molecular complexity index is 3160. The Morgan fingerprint density at radius 3 is 2.19 bits per heavy atom. The highest BCUT2D eigenvalue weighted by Crippen LogP contribution is 2.40. The molecule has 2 aliphatic heterocycles.